The summed E-state index contributed by atoms with van der Waals surface area (Å²) in [6, 6.07) is 54.2. The van der Waals surface area contributed by atoms with E-state index < -0.39 is 0 Å². The molecule has 0 saturated heterocycles. The first kappa shape index (κ1) is 24.4. The number of rotatable bonds is 2. The first-order valence-electron chi connectivity index (χ1n) is 15.2. The number of fused-ring (bicyclic) bond motifs is 7. The third kappa shape index (κ3) is 3.50. The molecule has 202 valence electrons. The molecule has 0 aliphatic heterocycles. The third-order valence-corrected chi connectivity index (χ3v) is 9.80. The summed E-state index contributed by atoms with van der Waals surface area (Å²) in [5.41, 5.74) is 10.6. The third-order valence-electron chi connectivity index (χ3n) is 9.80. The molecular weight excluding hydrogens is 516 g/mol. The summed E-state index contributed by atoms with van der Waals surface area (Å²) in [6.45, 7) is 4.74. The van der Waals surface area contributed by atoms with Gasteiger partial charge in [-0.05, 0) is 112 Å². The zero-order valence-electron chi connectivity index (χ0n) is 24.4. The molecule has 0 heterocycles. The van der Waals surface area contributed by atoms with E-state index in [4.69, 9.17) is 0 Å². The summed E-state index contributed by atoms with van der Waals surface area (Å²) < 4.78 is 0. The fraction of sp³-hybridized carbons (Fsp3) is 0.0698. The van der Waals surface area contributed by atoms with Crippen LogP contribution in [0.15, 0.2) is 146 Å². The summed E-state index contributed by atoms with van der Waals surface area (Å²) in [7, 11) is 0. The molecule has 8 aromatic rings. The highest BCUT2D eigenvalue weighted by molar-refractivity contribution is 6.22. The van der Waals surface area contributed by atoms with Crippen LogP contribution in [0.25, 0.3) is 76.5 Å². The van der Waals surface area contributed by atoms with Crippen molar-refractivity contribution < 1.29 is 0 Å². The van der Waals surface area contributed by atoms with Crippen LogP contribution in [0.4, 0.5) is 0 Å². The monoisotopic (exact) mass is 546 g/mol. The molecule has 9 rings (SSSR count). The van der Waals surface area contributed by atoms with Crippen molar-refractivity contribution in [1.29, 1.82) is 0 Å². The minimum atomic E-state index is -0.0443. The maximum absolute atomic E-state index is 2.46. The van der Waals surface area contributed by atoms with Gasteiger partial charge in [0.15, 0.2) is 0 Å². The van der Waals surface area contributed by atoms with Gasteiger partial charge in [0.05, 0.1) is 0 Å². The van der Waals surface area contributed by atoms with Crippen molar-refractivity contribution in [3.05, 3.63) is 157 Å². The molecule has 0 heteroatoms. The summed E-state index contributed by atoms with van der Waals surface area (Å²) in [5, 5.41) is 10.3. The Kier molecular flexibility index (Phi) is 5.05. The molecule has 0 unspecified atom stereocenters. The fourth-order valence-corrected chi connectivity index (χ4v) is 7.69. The van der Waals surface area contributed by atoms with Gasteiger partial charge < -0.3 is 0 Å². The van der Waals surface area contributed by atoms with E-state index in [0.29, 0.717) is 0 Å². The Hall–Kier alpha value is -5.20. The molecule has 0 amide bonds. The van der Waals surface area contributed by atoms with Crippen LogP contribution in [-0.4, -0.2) is 0 Å². The quantitative estimate of drug-likeness (QED) is 0.189. The van der Waals surface area contributed by atoms with Gasteiger partial charge in [0.1, 0.15) is 0 Å². The zero-order chi connectivity index (χ0) is 28.7. The molecule has 0 atom stereocenters. The van der Waals surface area contributed by atoms with E-state index >= 15 is 0 Å². The van der Waals surface area contributed by atoms with Crippen LogP contribution in [0.2, 0.25) is 0 Å². The van der Waals surface area contributed by atoms with Crippen molar-refractivity contribution in [3.8, 4) is 33.4 Å². The molecule has 0 spiro atoms. The van der Waals surface area contributed by atoms with Gasteiger partial charge in [0, 0.05) is 5.41 Å². The SMILES string of the molecule is CC1(C)c2ccc(-c3c4ccccc4c(-c4ccc5ccccc5c4)c4ccccc34)cc2-c2cc3ccccc3cc21. The van der Waals surface area contributed by atoms with Crippen molar-refractivity contribution in [2.24, 2.45) is 0 Å². The Morgan fingerprint density at radius 1 is 0.349 bits per heavy atom. The van der Waals surface area contributed by atoms with Crippen LogP contribution >= 0.6 is 0 Å². The molecule has 8 aromatic carbocycles. The molecule has 0 aromatic heterocycles. The molecular formula is C43H30. The minimum Gasteiger partial charge on any atom is -0.0616 e. The highest BCUT2D eigenvalue weighted by Crippen LogP contribution is 2.52. The summed E-state index contributed by atoms with van der Waals surface area (Å²) in [5.74, 6) is 0. The molecule has 0 radical (unpaired) electrons. The molecule has 0 saturated carbocycles. The molecule has 43 heavy (non-hydrogen) atoms. The van der Waals surface area contributed by atoms with Crippen molar-refractivity contribution in [1.82, 2.24) is 0 Å². The van der Waals surface area contributed by atoms with E-state index in [-0.39, 0.29) is 5.41 Å². The second-order valence-corrected chi connectivity index (χ2v) is 12.5. The van der Waals surface area contributed by atoms with Crippen molar-refractivity contribution in [2.75, 3.05) is 0 Å². The number of benzene rings is 8. The van der Waals surface area contributed by atoms with Gasteiger partial charge in [-0.1, -0.05) is 135 Å². The Labute approximate surface area is 251 Å². The lowest BCUT2D eigenvalue weighted by Gasteiger charge is -2.22. The predicted molar refractivity (Wildman–Crippen MR) is 185 cm³/mol. The lowest BCUT2D eigenvalue weighted by Crippen LogP contribution is -2.14. The van der Waals surface area contributed by atoms with Gasteiger partial charge in [0.2, 0.25) is 0 Å². The van der Waals surface area contributed by atoms with Crippen LogP contribution in [0.1, 0.15) is 25.0 Å². The Morgan fingerprint density at radius 3 is 1.40 bits per heavy atom. The van der Waals surface area contributed by atoms with Crippen LogP contribution < -0.4 is 0 Å². The van der Waals surface area contributed by atoms with E-state index in [1.165, 1.54) is 87.6 Å². The second-order valence-electron chi connectivity index (χ2n) is 12.5. The normalized spacial score (nSPS) is 13.5. The summed E-state index contributed by atoms with van der Waals surface area (Å²) in [4.78, 5) is 0. The van der Waals surface area contributed by atoms with Crippen LogP contribution in [0.3, 0.4) is 0 Å². The predicted octanol–water partition coefficient (Wildman–Crippen LogP) is 11.9. The molecule has 1 aliphatic rings. The Morgan fingerprint density at radius 2 is 0.791 bits per heavy atom. The van der Waals surface area contributed by atoms with E-state index in [1.54, 1.807) is 0 Å². The van der Waals surface area contributed by atoms with Gasteiger partial charge in [0.25, 0.3) is 0 Å². The van der Waals surface area contributed by atoms with E-state index in [0.717, 1.165) is 0 Å². The van der Waals surface area contributed by atoms with Crippen LogP contribution in [0.5, 0.6) is 0 Å². The number of hydrogen-bond acceptors (Lipinski definition) is 0. The highest BCUT2D eigenvalue weighted by atomic mass is 14.4. The van der Waals surface area contributed by atoms with E-state index in [1.807, 2.05) is 0 Å². The standard InChI is InChI=1S/C43H30/c1-43(2)39-22-21-32(25-37(39)38-24-29-13-5-6-14-30(29)26-40(38)43)42-35-17-9-7-15-33(35)41(34-16-8-10-18-36(34)42)31-20-19-27-11-3-4-12-28(27)23-31/h3-26H,1-2H3. The first-order chi connectivity index (χ1) is 21.1. The molecule has 0 bridgehead atoms. The van der Waals surface area contributed by atoms with Crippen molar-refractivity contribution >= 4 is 43.1 Å². The molecule has 0 nitrogen and oxygen atoms in total. The van der Waals surface area contributed by atoms with Crippen molar-refractivity contribution in [3.63, 3.8) is 0 Å². The van der Waals surface area contributed by atoms with Gasteiger partial charge in [-0.3, -0.25) is 0 Å². The average molecular weight is 547 g/mol. The smallest absolute Gasteiger partial charge is 0.0159 e. The Balaban J connectivity index is 1.34. The minimum absolute atomic E-state index is 0.0443. The largest absolute Gasteiger partial charge is 0.0616 e. The van der Waals surface area contributed by atoms with Crippen LogP contribution in [-0.2, 0) is 5.41 Å². The van der Waals surface area contributed by atoms with Gasteiger partial charge in [-0.15, -0.1) is 0 Å². The number of hydrogen-bond donors (Lipinski definition) is 0. The second kappa shape index (κ2) is 8.90. The van der Waals surface area contributed by atoms with E-state index in [2.05, 4.69) is 159 Å². The molecule has 1 aliphatic carbocycles. The van der Waals surface area contributed by atoms with Crippen molar-refractivity contribution in [2.45, 2.75) is 19.3 Å². The first-order valence-corrected chi connectivity index (χ1v) is 15.2. The lowest BCUT2D eigenvalue weighted by atomic mass is 9.81. The maximum atomic E-state index is 2.46. The van der Waals surface area contributed by atoms with E-state index in [9.17, 15) is 0 Å². The molecule has 0 fully saturated rings. The zero-order valence-corrected chi connectivity index (χ0v) is 24.4. The average Bonchev–Trinajstić information content (AvgIpc) is 3.27. The Bertz CT molecular complexity index is 2360. The lowest BCUT2D eigenvalue weighted by molar-refractivity contribution is 0.661. The summed E-state index contributed by atoms with van der Waals surface area (Å²) in [6.07, 6.45) is 0. The fourth-order valence-electron chi connectivity index (χ4n) is 7.69. The van der Waals surface area contributed by atoms with Gasteiger partial charge >= 0.3 is 0 Å². The van der Waals surface area contributed by atoms with Gasteiger partial charge in [-0.2, -0.15) is 0 Å². The maximum Gasteiger partial charge on any atom is 0.0159 e. The highest BCUT2D eigenvalue weighted by Gasteiger charge is 2.36. The molecule has 0 N–H and O–H groups in total. The summed E-state index contributed by atoms with van der Waals surface area (Å²) >= 11 is 0. The van der Waals surface area contributed by atoms with Crippen LogP contribution in [0, 0.1) is 0 Å². The van der Waals surface area contributed by atoms with Gasteiger partial charge in [-0.25, -0.2) is 0 Å². The topological polar surface area (TPSA) is 0 Å².